The number of benzene rings is 1. The largest absolute Gasteiger partial charge is 0.312 e. The molecule has 0 bridgehead atoms. The number of carbonyl (C=O) groups is 1. The fourth-order valence-electron chi connectivity index (χ4n) is 3.12. The molecule has 2 aliphatic rings. The highest BCUT2D eigenvalue weighted by molar-refractivity contribution is 5.96. The number of amides is 1. The maximum absolute atomic E-state index is 12.6. The Bertz CT molecular complexity index is 458. The van der Waals surface area contributed by atoms with Gasteiger partial charge in [0.05, 0.1) is 5.92 Å². The van der Waals surface area contributed by atoms with Crippen molar-refractivity contribution in [2.45, 2.75) is 19.3 Å². The summed E-state index contributed by atoms with van der Waals surface area (Å²) >= 11 is 0. The van der Waals surface area contributed by atoms with Crippen molar-refractivity contribution in [2.24, 2.45) is 5.92 Å². The van der Waals surface area contributed by atoms with Gasteiger partial charge in [0.15, 0.2) is 0 Å². The van der Waals surface area contributed by atoms with Gasteiger partial charge < -0.3 is 9.80 Å². The highest BCUT2D eigenvalue weighted by Crippen LogP contribution is 2.29. The molecule has 1 aromatic rings. The molecule has 1 unspecified atom stereocenters. The molecule has 0 aliphatic carbocycles. The number of anilines is 1. The van der Waals surface area contributed by atoms with Crippen molar-refractivity contribution in [1.29, 1.82) is 0 Å². The van der Waals surface area contributed by atoms with Crippen LogP contribution in [-0.4, -0.2) is 37.5 Å². The minimum absolute atomic E-state index is 0.196. The molecule has 2 heterocycles. The molecule has 0 radical (unpaired) electrons. The van der Waals surface area contributed by atoms with Crippen LogP contribution in [0, 0.1) is 5.92 Å². The molecule has 1 atom stereocenters. The van der Waals surface area contributed by atoms with Crippen LogP contribution in [0.25, 0.3) is 0 Å². The minimum atomic E-state index is 0.196. The maximum Gasteiger partial charge on any atom is 0.231 e. The second-order valence-electron chi connectivity index (χ2n) is 5.47. The van der Waals surface area contributed by atoms with E-state index in [1.165, 1.54) is 5.56 Å². The molecule has 0 spiro atoms. The zero-order chi connectivity index (χ0) is 12.5. The SMILES string of the molecule is CN1CCC(C(=O)N2CCCc3ccccc32)C1. The molecule has 3 rings (SSSR count). The number of hydrogen-bond acceptors (Lipinski definition) is 2. The summed E-state index contributed by atoms with van der Waals surface area (Å²) < 4.78 is 0. The Hall–Kier alpha value is -1.35. The van der Waals surface area contributed by atoms with Crippen LogP contribution in [0.3, 0.4) is 0 Å². The van der Waals surface area contributed by atoms with Crippen molar-refractivity contribution in [3.63, 3.8) is 0 Å². The number of para-hydroxylation sites is 1. The molecule has 1 fully saturated rings. The van der Waals surface area contributed by atoms with E-state index in [1.807, 2.05) is 11.0 Å². The fourth-order valence-corrected chi connectivity index (χ4v) is 3.12. The van der Waals surface area contributed by atoms with E-state index >= 15 is 0 Å². The molecule has 3 heteroatoms. The summed E-state index contributed by atoms with van der Waals surface area (Å²) in [5, 5.41) is 0. The molecule has 96 valence electrons. The van der Waals surface area contributed by atoms with Crippen LogP contribution in [0.4, 0.5) is 5.69 Å². The van der Waals surface area contributed by atoms with E-state index in [1.54, 1.807) is 0 Å². The highest BCUT2D eigenvalue weighted by Gasteiger charge is 2.32. The van der Waals surface area contributed by atoms with Crippen molar-refractivity contribution in [3.05, 3.63) is 29.8 Å². The fraction of sp³-hybridized carbons (Fsp3) is 0.533. The minimum Gasteiger partial charge on any atom is -0.312 e. The molecule has 0 saturated carbocycles. The van der Waals surface area contributed by atoms with Gasteiger partial charge >= 0.3 is 0 Å². The lowest BCUT2D eigenvalue weighted by Crippen LogP contribution is -2.40. The Labute approximate surface area is 108 Å². The van der Waals surface area contributed by atoms with Gasteiger partial charge in [-0.05, 0) is 44.5 Å². The lowest BCUT2D eigenvalue weighted by molar-refractivity contribution is -0.122. The Kier molecular flexibility index (Phi) is 3.08. The monoisotopic (exact) mass is 244 g/mol. The zero-order valence-electron chi connectivity index (χ0n) is 10.9. The van der Waals surface area contributed by atoms with Gasteiger partial charge in [0.25, 0.3) is 0 Å². The van der Waals surface area contributed by atoms with Crippen LogP contribution < -0.4 is 4.90 Å². The van der Waals surface area contributed by atoms with Gasteiger partial charge in [-0.2, -0.15) is 0 Å². The third kappa shape index (κ3) is 2.03. The topological polar surface area (TPSA) is 23.6 Å². The number of aryl methyl sites for hydroxylation is 1. The number of carbonyl (C=O) groups excluding carboxylic acids is 1. The predicted octanol–water partition coefficient (Wildman–Crippen LogP) is 1.92. The normalized spacial score (nSPS) is 24.1. The average Bonchev–Trinajstić information content (AvgIpc) is 2.84. The molecule has 0 aromatic heterocycles. The van der Waals surface area contributed by atoms with Crippen molar-refractivity contribution < 1.29 is 4.79 Å². The molecule has 0 N–H and O–H groups in total. The number of rotatable bonds is 1. The Morgan fingerprint density at radius 3 is 2.89 bits per heavy atom. The van der Waals surface area contributed by atoms with E-state index in [0.717, 1.165) is 44.6 Å². The van der Waals surface area contributed by atoms with Gasteiger partial charge in [-0.15, -0.1) is 0 Å². The predicted molar refractivity (Wildman–Crippen MR) is 72.7 cm³/mol. The zero-order valence-corrected chi connectivity index (χ0v) is 10.9. The first-order valence-corrected chi connectivity index (χ1v) is 6.83. The van der Waals surface area contributed by atoms with E-state index in [-0.39, 0.29) is 5.92 Å². The van der Waals surface area contributed by atoms with E-state index < -0.39 is 0 Å². The summed E-state index contributed by atoms with van der Waals surface area (Å²) in [5.74, 6) is 0.521. The second-order valence-corrected chi connectivity index (χ2v) is 5.47. The molecule has 3 nitrogen and oxygen atoms in total. The van der Waals surface area contributed by atoms with Crippen LogP contribution in [0.5, 0.6) is 0 Å². The maximum atomic E-state index is 12.6. The number of hydrogen-bond donors (Lipinski definition) is 0. The summed E-state index contributed by atoms with van der Waals surface area (Å²) in [4.78, 5) is 16.9. The first-order chi connectivity index (χ1) is 8.75. The van der Waals surface area contributed by atoms with Crippen LogP contribution in [0.1, 0.15) is 18.4 Å². The lowest BCUT2D eigenvalue weighted by atomic mass is 9.99. The summed E-state index contributed by atoms with van der Waals surface area (Å²) in [6.07, 6.45) is 3.20. The summed E-state index contributed by atoms with van der Waals surface area (Å²) in [6, 6.07) is 8.34. The first-order valence-electron chi connectivity index (χ1n) is 6.83. The molecule has 1 saturated heterocycles. The number of likely N-dealkylation sites (tertiary alicyclic amines) is 1. The molecule has 1 amide bonds. The van der Waals surface area contributed by atoms with Gasteiger partial charge in [0.1, 0.15) is 0 Å². The van der Waals surface area contributed by atoms with Gasteiger partial charge in [-0.3, -0.25) is 4.79 Å². The van der Waals surface area contributed by atoms with Crippen LogP contribution in [-0.2, 0) is 11.2 Å². The second kappa shape index (κ2) is 4.73. The average molecular weight is 244 g/mol. The van der Waals surface area contributed by atoms with E-state index in [2.05, 4.69) is 30.1 Å². The van der Waals surface area contributed by atoms with Gasteiger partial charge in [-0.1, -0.05) is 18.2 Å². The molecule has 1 aromatic carbocycles. The molecular weight excluding hydrogens is 224 g/mol. The van der Waals surface area contributed by atoms with Gasteiger partial charge in [0.2, 0.25) is 5.91 Å². The number of nitrogens with zero attached hydrogens (tertiary/aromatic N) is 2. The van der Waals surface area contributed by atoms with Crippen molar-refractivity contribution in [3.8, 4) is 0 Å². The van der Waals surface area contributed by atoms with Crippen LogP contribution in [0.15, 0.2) is 24.3 Å². The first kappa shape index (κ1) is 11.7. The smallest absolute Gasteiger partial charge is 0.231 e. The van der Waals surface area contributed by atoms with E-state index in [0.29, 0.717) is 5.91 Å². The summed E-state index contributed by atoms with van der Waals surface area (Å²) in [7, 11) is 2.09. The summed E-state index contributed by atoms with van der Waals surface area (Å²) in [6.45, 7) is 2.85. The summed E-state index contributed by atoms with van der Waals surface area (Å²) in [5.41, 5.74) is 2.46. The number of fused-ring (bicyclic) bond motifs is 1. The molecular formula is C15H20N2O. The van der Waals surface area contributed by atoms with Crippen molar-refractivity contribution >= 4 is 11.6 Å². The van der Waals surface area contributed by atoms with Crippen molar-refractivity contribution in [2.75, 3.05) is 31.6 Å². The van der Waals surface area contributed by atoms with Gasteiger partial charge in [0, 0.05) is 18.8 Å². The Balaban J connectivity index is 1.83. The standard InChI is InChI=1S/C15H20N2O/c1-16-10-8-13(11-16)15(18)17-9-4-6-12-5-2-3-7-14(12)17/h2-3,5,7,13H,4,6,8-11H2,1H3. The van der Waals surface area contributed by atoms with E-state index in [9.17, 15) is 4.79 Å². The van der Waals surface area contributed by atoms with Crippen molar-refractivity contribution in [1.82, 2.24) is 4.90 Å². The lowest BCUT2D eigenvalue weighted by Gasteiger charge is -2.31. The Morgan fingerprint density at radius 1 is 1.28 bits per heavy atom. The van der Waals surface area contributed by atoms with Gasteiger partial charge in [-0.25, -0.2) is 0 Å². The quantitative estimate of drug-likeness (QED) is 0.753. The van der Waals surface area contributed by atoms with Crippen LogP contribution in [0.2, 0.25) is 0 Å². The third-order valence-electron chi connectivity index (χ3n) is 4.12. The Morgan fingerprint density at radius 2 is 2.11 bits per heavy atom. The molecule has 18 heavy (non-hydrogen) atoms. The highest BCUT2D eigenvalue weighted by atomic mass is 16.2. The van der Waals surface area contributed by atoms with E-state index in [4.69, 9.17) is 0 Å². The third-order valence-corrected chi connectivity index (χ3v) is 4.12. The molecule has 2 aliphatic heterocycles. The van der Waals surface area contributed by atoms with Crippen LogP contribution >= 0.6 is 0 Å².